The van der Waals surface area contributed by atoms with Gasteiger partial charge in [0.1, 0.15) is 6.33 Å². The molecule has 1 atom stereocenters. The summed E-state index contributed by atoms with van der Waals surface area (Å²) in [6.07, 6.45) is 1.63. The molecule has 94 valence electrons. The van der Waals surface area contributed by atoms with Crippen LogP contribution in [0.1, 0.15) is 20.3 Å². The van der Waals surface area contributed by atoms with E-state index in [1.54, 1.807) is 6.92 Å². The van der Waals surface area contributed by atoms with E-state index in [9.17, 15) is 15.2 Å². The van der Waals surface area contributed by atoms with Crippen LogP contribution in [-0.4, -0.2) is 32.1 Å². The lowest BCUT2D eigenvalue weighted by Gasteiger charge is -2.21. The molecule has 0 radical (unpaired) electrons. The highest BCUT2D eigenvalue weighted by Gasteiger charge is 2.24. The van der Waals surface area contributed by atoms with Gasteiger partial charge in [-0.05, 0) is 13.3 Å². The third-order valence-corrected chi connectivity index (χ3v) is 2.64. The molecule has 0 saturated heterocycles. The van der Waals surface area contributed by atoms with E-state index < -0.39 is 10.5 Å². The van der Waals surface area contributed by atoms with E-state index in [2.05, 4.69) is 15.3 Å². The minimum Gasteiger partial charge on any atom is -0.388 e. The standard InChI is InChI=1S/C9H13ClN4O3/c1-3-9(2,15)4-11-8-6(14(16)17)7(10)12-5-13-8/h5,15H,3-4H2,1-2H3,(H,11,12,13). The zero-order chi connectivity index (χ0) is 13.1. The third-order valence-electron chi connectivity index (χ3n) is 2.36. The van der Waals surface area contributed by atoms with E-state index in [1.165, 1.54) is 0 Å². The number of nitro groups is 1. The topological polar surface area (TPSA) is 101 Å². The van der Waals surface area contributed by atoms with Crippen molar-refractivity contribution in [2.24, 2.45) is 0 Å². The van der Waals surface area contributed by atoms with Crippen LogP contribution < -0.4 is 5.32 Å². The van der Waals surface area contributed by atoms with Crippen molar-refractivity contribution < 1.29 is 10.0 Å². The predicted octanol–water partition coefficient (Wildman–Crippen LogP) is 1.61. The van der Waals surface area contributed by atoms with Gasteiger partial charge in [0.05, 0.1) is 10.5 Å². The maximum Gasteiger partial charge on any atom is 0.348 e. The first kappa shape index (κ1) is 13.6. The molecule has 1 rings (SSSR count). The normalized spacial score (nSPS) is 14.1. The first-order valence-corrected chi connectivity index (χ1v) is 5.36. The second-order valence-electron chi connectivity index (χ2n) is 3.82. The van der Waals surface area contributed by atoms with Gasteiger partial charge in [-0.25, -0.2) is 9.97 Å². The monoisotopic (exact) mass is 260 g/mol. The van der Waals surface area contributed by atoms with Crippen LogP contribution in [0.5, 0.6) is 0 Å². The average molecular weight is 261 g/mol. The molecule has 0 bridgehead atoms. The molecule has 7 nitrogen and oxygen atoms in total. The Bertz CT molecular complexity index is 425. The summed E-state index contributed by atoms with van der Waals surface area (Å²) in [6.45, 7) is 3.56. The van der Waals surface area contributed by atoms with Gasteiger partial charge in [-0.2, -0.15) is 0 Å². The van der Waals surface area contributed by atoms with Crippen LogP contribution in [0.15, 0.2) is 6.33 Å². The molecule has 0 amide bonds. The van der Waals surface area contributed by atoms with Crippen LogP contribution in [0.3, 0.4) is 0 Å². The van der Waals surface area contributed by atoms with Gasteiger partial charge in [0.2, 0.25) is 11.0 Å². The molecule has 1 heterocycles. The van der Waals surface area contributed by atoms with Crippen molar-refractivity contribution in [3.8, 4) is 0 Å². The maximum atomic E-state index is 10.8. The van der Waals surface area contributed by atoms with Gasteiger partial charge < -0.3 is 10.4 Å². The molecule has 0 spiro atoms. The second kappa shape index (κ2) is 5.24. The van der Waals surface area contributed by atoms with Crippen molar-refractivity contribution in [3.63, 3.8) is 0 Å². The summed E-state index contributed by atoms with van der Waals surface area (Å²) >= 11 is 5.61. The molecule has 0 fully saturated rings. The summed E-state index contributed by atoms with van der Waals surface area (Å²) in [5, 5.41) is 23.0. The van der Waals surface area contributed by atoms with Gasteiger partial charge in [-0.15, -0.1) is 0 Å². The molecular weight excluding hydrogens is 248 g/mol. The Hall–Kier alpha value is -1.47. The van der Waals surface area contributed by atoms with Gasteiger partial charge in [-0.3, -0.25) is 10.1 Å². The van der Waals surface area contributed by atoms with Crippen LogP contribution in [-0.2, 0) is 0 Å². The van der Waals surface area contributed by atoms with Crippen LogP contribution in [0.25, 0.3) is 0 Å². The van der Waals surface area contributed by atoms with E-state index in [0.717, 1.165) is 6.33 Å². The maximum absolute atomic E-state index is 10.8. The number of hydrogen-bond acceptors (Lipinski definition) is 6. The van der Waals surface area contributed by atoms with Crippen LogP contribution in [0, 0.1) is 10.1 Å². The Balaban J connectivity index is 2.92. The van der Waals surface area contributed by atoms with Crippen molar-refractivity contribution >= 4 is 23.1 Å². The Kier molecular flexibility index (Phi) is 4.19. The first-order chi connectivity index (χ1) is 7.87. The largest absolute Gasteiger partial charge is 0.388 e. The summed E-state index contributed by atoms with van der Waals surface area (Å²) in [7, 11) is 0. The highest BCUT2D eigenvalue weighted by Crippen LogP contribution is 2.28. The van der Waals surface area contributed by atoms with E-state index in [1.807, 2.05) is 6.92 Å². The van der Waals surface area contributed by atoms with E-state index in [-0.39, 0.29) is 23.2 Å². The number of nitrogens with one attached hydrogen (secondary N) is 1. The second-order valence-corrected chi connectivity index (χ2v) is 4.18. The van der Waals surface area contributed by atoms with Crippen molar-refractivity contribution in [2.45, 2.75) is 25.9 Å². The molecule has 17 heavy (non-hydrogen) atoms. The van der Waals surface area contributed by atoms with Gasteiger partial charge in [0, 0.05) is 6.54 Å². The molecule has 1 unspecified atom stereocenters. The van der Waals surface area contributed by atoms with Crippen molar-refractivity contribution in [1.82, 2.24) is 9.97 Å². The van der Waals surface area contributed by atoms with Gasteiger partial charge in [0.15, 0.2) is 0 Å². The molecular formula is C9H13ClN4O3. The van der Waals surface area contributed by atoms with Gasteiger partial charge in [0.25, 0.3) is 0 Å². The Morgan fingerprint density at radius 2 is 2.29 bits per heavy atom. The lowest BCUT2D eigenvalue weighted by molar-refractivity contribution is -0.384. The third kappa shape index (κ3) is 3.50. The number of nitrogens with zero attached hydrogens (tertiary/aromatic N) is 3. The Labute approximate surface area is 103 Å². The number of aromatic nitrogens is 2. The van der Waals surface area contributed by atoms with Crippen LogP contribution in [0.4, 0.5) is 11.5 Å². The molecule has 8 heteroatoms. The first-order valence-electron chi connectivity index (χ1n) is 4.98. The molecule has 1 aromatic rings. The van der Waals surface area contributed by atoms with E-state index in [4.69, 9.17) is 11.6 Å². The van der Waals surface area contributed by atoms with Crippen LogP contribution in [0.2, 0.25) is 5.15 Å². The molecule has 0 aliphatic rings. The molecule has 0 aliphatic heterocycles. The molecule has 0 saturated carbocycles. The smallest absolute Gasteiger partial charge is 0.348 e. The quantitative estimate of drug-likeness (QED) is 0.474. The zero-order valence-electron chi connectivity index (χ0n) is 9.47. The molecule has 1 aromatic heterocycles. The summed E-state index contributed by atoms with van der Waals surface area (Å²) in [5.41, 5.74) is -1.35. The zero-order valence-corrected chi connectivity index (χ0v) is 10.2. The average Bonchev–Trinajstić information content (AvgIpc) is 2.26. The number of hydrogen-bond donors (Lipinski definition) is 2. The molecule has 0 aliphatic carbocycles. The lowest BCUT2D eigenvalue weighted by atomic mass is 10.0. The minimum atomic E-state index is -0.967. The fraction of sp³-hybridized carbons (Fsp3) is 0.556. The SMILES string of the molecule is CCC(C)(O)CNc1ncnc(Cl)c1[N+](=O)[O-]. The Morgan fingerprint density at radius 1 is 1.65 bits per heavy atom. The Morgan fingerprint density at radius 3 is 2.82 bits per heavy atom. The number of rotatable bonds is 5. The highest BCUT2D eigenvalue weighted by molar-refractivity contribution is 6.31. The van der Waals surface area contributed by atoms with Crippen LogP contribution >= 0.6 is 11.6 Å². The minimum absolute atomic E-state index is 0.00345. The fourth-order valence-corrected chi connectivity index (χ4v) is 1.25. The summed E-state index contributed by atoms with van der Waals surface area (Å²) in [5.74, 6) is 0.00345. The lowest BCUT2D eigenvalue weighted by Crippen LogP contribution is -2.32. The number of halogens is 1. The molecule has 2 N–H and O–H groups in total. The summed E-state index contributed by atoms with van der Waals surface area (Å²) in [6, 6.07) is 0. The van der Waals surface area contributed by atoms with E-state index in [0.29, 0.717) is 6.42 Å². The van der Waals surface area contributed by atoms with Crippen molar-refractivity contribution in [3.05, 3.63) is 21.6 Å². The van der Waals surface area contributed by atoms with Crippen molar-refractivity contribution in [2.75, 3.05) is 11.9 Å². The fourth-order valence-electron chi connectivity index (χ4n) is 1.05. The number of anilines is 1. The predicted molar refractivity (Wildman–Crippen MR) is 63.1 cm³/mol. The van der Waals surface area contributed by atoms with E-state index >= 15 is 0 Å². The van der Waals surface area contributed by atoms with Gasteiger partial charge >= 0.3 is 5.69 Å². The highest BCUT2D eigenvalue weighted by atomic mass is 35.5. The summed E-state index contributed by atoms with van der Waals surface area (Å²) < 4.78 is 0. The van der Waals surface area contributed by atoms with Crippen molar-refractivity contribution in [1.29, 1.82) is 0 Å². The number of aliphatic hydroxyl groups is 1. The molecule has 0 aromatic carbocycles. The van der Waals surface area contributed by atoms with Gasteiger partial charge in [-0.1, -0.05) is 18.5 Å². The summed E-state index contributed by atoms with van der Waals surface area (Å²) in [4.78, 5) is 17.4.